The molecule has 3 N–H and O–H groups in total. The van der Waals surface area contributed by atoms with Gasteiger partial charge in [0, 0.05) is 107 Å². The minimum Gasteiger partial charge on any atom is -0.491 e. The maximum absolute atomic E-state index is 13.1. The van der Waals surface area contributed by atoms with Crippen LogP contribution in [0.4, 0.5) is 11.4 Å². The molecule has 3 aliphatic rings. The van der Waals surface area contributed by atoms with Crippen molar-refractivity contribution >= 4 is 62.8 Å². The Labute approximate surface area is 385 Å². The lowest BCUT2D eigenvalue weighted by Gasteiger charge is -2.33. The summed E-state index contributed by atoms with van der Waals surface area (Å²) >= 11 is 7.49. The Bertz CT molecular complexity index is 2720. The Morgan fingerprint density at radius 2 is 1.77 bits per heavy atom. The van der Waals surface area contributed by atoms with E-state index < -0.39 is 17.1 Å². The second-order valence-corrected chi connectivity index (χ2v) is 20.1. The zero-order chi connectivity index (χ0) is 44.6. The molecule has 1 saturated heterocycles. The van der Waals surface area contributed by atoms with Crippen LogP contribution in [-0.4, -0.2) is 97.2 Å². The van der Waals surface area contributed by atoms with Crippen molar-refractivity contribution < 1.29 is 23.6 Å². The van der Waals surface area contributed by atoms with Gasteiger partial charge in [-0.25, -0.2) is 4.79 Å². The number of aromatic carboxylic acids is 1. The Morgan fingerprint density at radius 1 is 0.969 bits per heavy atom. The normalized spacial score (nSPS) is 16.8. The zero-order valence-corrected chi connectivity index (χ0v) is 39.5. The Balaban J connectivity index is 1.06. The number of hydrogen-bond acceptors (Lipinski definition) is 10. The van der Waals surface area contributed by atoms with Crippen molar-refractivity contribution in [3.63, 3.8) is 0 Å². The van der Waals surface area contributed by atoms with Gasteiger partial charge in [0.25, 0.3) is 0 Å². The van der Waals surface area contributed by atoms with Crippen molar-refractivity contribution in [2.75, 3.05) is 63.6 Å². The van der Waals surface area contributed by atoms with Crippen molar-refractivity contribution in [2.24, 2.45) is 21.1 Å². The average molecular weight is 929 g/mol. The largest absolute Gasteiger partial charge is 0.491 e. The molecule has 18 heteroatoms. The minimum absolute atomic E-state index is 0.145. The molecule has 0 amide bonds. The van der Waals surface area contributed by atoms with E-state index in [0.29, 0.717) is 54.6 Å². The lowest BCUT2D eigenvalue weighted by atomic mass is 9.97. The maximum atomic E-state index is 13.1. The first kappa shape index (κ1) is 44.2. The number of hydrogen-bond donors (Lipinski definition) is 3. The molecule has 9 rings (SSSR count). The van der Waals surface area contributed by atoms with Gasteiger partial charge < -0.3 is 34.7 Å². The summed E-state index contributed by atoms with van der Waals surface area (Å²) in [5, 5.41) is 29.2. The number of carboxylic acids is 1. The molecule has 3 aliphatic heterocycles. The number of halogens is 1. The number of thiol groups is 1. The van der Waals surface area contributed by atoms with E-state index in [-0.39, 0.29) is 12.3 Å². The standard InChI is InChI=1S/C46H55ClN10O5S2/c1-52(2)64(60)57-19-17-56(18-20-57)31-10-12-33(13-11-31)62-27-38-42-39(55(5)51-38)26-48-25-30-23-32(54(4)50-30)28-63-34-22-29-8-6-16-49-43(29)40(24-34)61-21-7-9-35-36-14-15-37(47)41(42)44(36)53(3)45(35)46(58)59/h10-15,22-24,48-49H,6-9,16-21,25-28H2,1-5H3,(H,58,59)/p+1. The van der Waals surface area contributed by atoms with E-state index in [1.165, 1.54) is 5.56 Å². The number of carboxylic acid groups (broad SMARTS) is 1. The van der Waals surface area contributed by atoms with Gasteiger partial charge >= 0.3 is 5.97 Å². The summed E-state index contributed by atoms with van der Waals surface area (Å²) in [7, 11) is 9.40. The second kappa shape index (κ2) is 18.8. The molecule has 3 aromatic carbocycles. The van der Waals surface area contributed by atoms with Crippen LogP contribution in [0.25, 0.3) is 22.0 Å². The third-order valence-electron chi connectivity index (χ3n) is 12.4. The summed E-state index contributed by atoms with van der Waals surface area (Å²) in [5.74, 6) is 1.26. The average Bonchev–Trinajstić information content (AvgIpc) is 3.91. The number of thioether (sulfide) groups is 1. The zero-order valence-electron chi connectivity index (χ0n) is 37.0. The third kappa shape index (κ3) is 8.85. The van der Waals surface area contributed by atoms with Gasteiger partial charge in [0.05, 0.1) is 47.3 Å². The smallest absolute Gasteiger partial charge is 0.352 e. The van der Waals surface area contributed by atoms with Gasteiger partial charge in [0.15, 0.2) is 0 Å². The highest BCUT2D eigenvalue weighted by atomic mass is 35.5. The van der Waals surface area contributed by atoms with Gasteiger partial charge in [-0.15, -0.1) is 20.4 Å². The fraction of sp³-hybridized carbons (Fsp3) is 0.413. The minimum atomic E-state index is -1.53. The molecule has 338 valence electrons. The number of aromatic nitrogens is 5. The highest BCUT2D eigenvalue weighted by Crippen LogP contribution is 2.43. The predicted molar refractivity (Wildman–Crippen MR) is 255 cm³/mol. The van der Waals surface area contributed by atoms with Gasteiger partial charge in [-0.3, -0.25) is 9.36 Å². The number of nitrogens with one attached hydrogen (secondary N) is 2. The first-order chi connectivity index (χ1) is 30.9. The highest BCUT2D eigenvalue weighted by Gasteiger charge is 2.30. The molecule has 64 heavy (non-hydrogen) atoms. The fourth-order valence-electron chi connectivity index (χ4n) is 9.28. The molecule has 0 saturated carbocycles. The van der Waals surface area contributed by atoms with E-state index in [0.717, 1.165) is 112 Å². The number of rotatable bonds is 7. The lowest BCUT2D eigenvalue weighted by Crippen LogP contribution is -2.49. The number of ether oxygens (including phenoxy) is 2. The summed E-state index contributed by atoms with van der Waals surface area (Å²) < 4.78 is 35.0. The van der Waals surface area contributed by atoms with E-state index in [9.17, 15) is 14.1 Å². The number of piperazine rings is 1. The number of nitrogens with zero attached hydrogens (tertiary/aromatic N) is 8. The molecule has 15 nitrogen and oxygen atoms in total. The van der Waals surface area contributed by atoms with Gasteiger partial charge in [0.1, 0.15) is 29.5 Å². The van der Waals surface area contributed by atoms with Gasteiger partial charge in [-0.1, -0.05) is 21.9 Å². The Morgan fingerprint density at radius 3 is 2.53 bits per heavy atom. The third-order valence-corrected chi connectivity index (χ3v) is 15.3. The molecule has 1 atom stereocenters. The predicted octanol–water partition coefficient (Wildman–Crippen LogP) is 6.72. The Kier molecular flexibility index (Phi) is 13.0. The van der Waals surface area contributed by atoms with E-state index in [1.807, 2.05) is 66.1 Å². The van der Waals surface area contributed by atoms with E-state index in [4.69, 9.17) is 31.3 Å². The molecule has 3 aromatic heterocycles. The number of aryl methyl sites for hydroxylation is 5. The Hall–Kier alpha value is -5.04. The van der Waals surface area contributed by atoms with Crippen LogP contribution in [0.15, 0.2) is 59.5 Å². The van der Waals surface area contributed by atoms with Gasteiger partial charge in [0.2, 0.25) is 11.2 Å². The molecule has 0 radical (unpaired) electrons. The lowest BCUT2D eigenvalue weighted by molar-refractivity contribution is 0.0685. The van der Waals surface area contributed by atoms with Crippen LogP contribution in [0.5, 0.6) is 11.5 Å². The van der Waals surface area contributed by atoms with Crippen LogP contribution >= 0.6 is 23.4 Å². The van der Waals surface area contributed by atoms with Crippen molar-refractivity contribution in [2.45, 2.75) is 56.0 Å². The van der Waals surface area contributed by atoms with Crippen LogP contribution in [-0.2, 0) is 74.8 Å². The summed E-state index contributed by atoms with van der Waals surface area (Å²) in [6.45, 7) is 5.41. The molecular weight excluding hydrogens is 872 g/mol. The molecular formula is C46H56ClN10O5S2+. The highest BCUT2D eigenvalue weighted by molar-refractivity contribution is 7.98. The number of fused-ring (bicyclic) bond motifs is 8. The first-order valence-electron chi connectivity index (χ1n) is 21.8. The van der Waals surface area contributed by atoms with Crippen LogP contribution in [0.3, 0.4) is 0 Å². The van der Waals surface area contributed by atoms with Crippen LogP contribution in [0.1, 0.15) is 57.2 Å². The molecule has 6 aromatic rings. The summed E-state index contributed by atoms with van der Waals surface area (Å²) in [5.41, 5.74) is 10.1. The van der Waals surface area contributed by atoms with Crippen LogP contribution < -0.4 is 25.0 Å². The first-order valence-corrected chi connectivity index (χ1v) is 24.3. The topological polar surface area (TPSA) is 147 Å². The molecule has 6 heterocycles. The maximum Gasteiger partial charge on any atom is 0.352 e. The van der Waals surface area contributed by atoms with Gasteiger partial charge in [-0.2, -0.15) is 10.2 Å². The quantitative estimate of drug-likeness (QED) is 0.116. The molecule has 0 spiro atoms. The fourth-order valence-corrected chi connectivity index (χ4v) is 11.6. The molecule has 8 bridgehead atoms. The van der Waals surface area contributed by atoms with Crippen molar-refractivity contribution in [1.29, 1.82) is 0 Å². The second-order valence-electron chi connectivity index (χ2n) is 16.8. The summed E-state index contributed by atoms with van der Waals surface area (Å²) in [6.07, 6.45) is 3.15. The van der Waals surface area contributed by atoms with Crippen molar-refractivity contribution in [3.8, 4) is 22.6 Å². The summed E-state index contributed by atoms with van der Waals surface area (Å²) in [4.78, 5) is 16.6. The number of benzene rings is 3. The van der Waals surface area contributed by atoms with E-state index in [2.05, 4.69) is 45.9 Å². The monoisotopic (exact) mass is 927 g/mol. The van der Waals surface area contributed by atoms with E-state index >= 15 is 0 Å². The number of anilines is 2. The molecule has 1 unspecified atom stereocenters. The van der Waals surface area contributed by atoms with Crippen molar-refractivity contribution in [3.05, 3.63) is 99.2 Å². The number of carbonyl (C=O) groups is 1. The van der Waals surface area contributed by atoms with Gasteiger partial charge in [-0.05, 0) is 85.3 Å². The SMILES string of the molecule is CN(C)[SH+](=O)N1CCN(c2ccc(OCc3nn(C)c4c3-c3c(Cl)ccc5c(c(C(=O)O)n(C)c35)CCCOc3cc(cc5c3NCCC5)SCc3cc(nn3C)CNC4)cc2)CC1. The van der Waals surface area contributed by atoms with Crippen molar-refractivity contribution in [1.82, 2.24) is 38.1 Å². The van der Waals surface area contributed by atoms with Crippen LogP contribution in [0.2, 0.25) is 5.02 Å². The van der Waals surface area contributed by atoms with E-state index in [1.54, 1.807) is 27.7 Å². The summed E-state index contributed by atoms with van der Waals surface area (Å²) in [6, 6.07) is 18.4. The molecule has 0 aliphatic carbocycles. The van der Waals surface area contributed by atoms with Crippen LogP contribution in [0, 0.1) is 0 Å². The molecule has 1 fully saturated rings.